The number of methoxy groups -OCH3 is 1. The minimum Gasteiger partial charge on any atom is -0.481 e. The van der Waals surface area contributed by atoms with E-state index in [1.54, 1.807) is 29.0 Å². The van der Waals surface area contributed by atoms with Crippen molar-refractivity contribution < 1.29 is 29.2 Å². The van der Waals surface area contributed by atoms with Crippen LogP contribution in [0.15, 0.2) is 36.5 Å². The highest BCUT2D eigenvalue weighted by Gasteiger charge is 2.31. The molecule has 3 aromatic rings. The van der Waals surface area contributed by atoms with Gasteiger partial charge in [-0.1, -0.05) is 31.5 Å². The molecule has 0 bridgehead atoms. The number of hydrogen-bond acceptors (Lipinski definition) is 9. The fourth-order valence-electron chi connectivity index (χ4n) is 3.69. The Balaban J connectivity index is 0.00000158. The van der Waals surface area contributed by atoms with Crippen molar-refractivity contribution in [2.75, 3.05) is 25.1 Å². The fraction of sp³-hybridized carbons (Fsp3) is 0.409. The van der Waals surface area contributed by atoms with Crippen LogP contribution in [0.2, 0.25) is 5.02 Å². The number of nitrogens with zero attached hydrogens (tertiary/aromatic N) is 5. The van der Waals surface area contributed by atoms with Crippen LogP contribution in [-0.4, -0.2) is 61.4 Å². The highest BCUT2D eigenvalue weighted by atomic mass is 35.5. The summed E-state index contributed by atoms with van der Waals surface area (Å²) in [5.74, 6) is 0.751. The van der Waals surface area contributed by atoms with Crippen LogP contribution >= 0.6 is 11.6 Å². The summed E-state index contributed by atoms with van der Waals surface area (Å²) < 4.78 is 24.8. The minimum atomic E-state index is -3.31. The lowest BCUT2D eigenvalue weighted by Crippen LogP contribution is -2.31. The molecule has 1 saturated heterocycles. The van der Waals surface area contributed by atoms with Gasteiger partial charge < -0.3 is 25.0 Å². The number of pyridine rings is 1. The summed E-state index contributed by atoms with van der Waals surface area (Å²) in [6.07, 6.45) is -1.01. The molecule has 1 aliphatic rings. The quantitative estimate of drug-likeness (QED) is 0.424. The van der Waals surface area contributed by atoms with Crippen molar-refractivity contribution in [3.8, 4) is 11.6 Å². The predicted octanol–water partition coefficient (Wildman–Crippen LogP) is 2.59. The number of ether oxygens (including phenoxy) is 2. The molecule has 0 spiro atoms. The van der Waals surface area contributed by atoms with Crippen LogP contribution < -0.4 is 9.64 Å². The Morgan fingerprint density at radius 3 is 2.56 bits per heavy atom. The topological polar surface area (TPSA) is 126 Å². The van der Waals surface area contributed by atoms with E-state index in [4.69, 9.17) is 31.7 Å². The van der Waals surface area contributed by atoms with Gasteiger partial charge in [0.25, 0.3) is 0 Å². The third kappa shape index (κ3) is 5.99. The van der Waals surface area contributed by atoms with Crippen molar-refractivity contribution in [1.29, 1.82) is 0 Å². The number of halogens is 2. The van der Waals surface area contributed by atoms with Crippen molar-refractivity contribution in [2.24, 2.45) is 0 Å². The molecule has 3 heterocycles. The van der Waals surface area contributed by atoms with Crippen molar-refractivity contribution in [2.45, 2.75) is 39.0 Å². The molecular weight excluding hydrogens is 469 g/mol. The summed E-state index contributed by atoms with van der Waals surface area (Å²) in [5.41, 5.74) is 1.43. The van der Waals surface area contributed by atoms with Gasteiger partial charge in [-0.25, -0.2) is 9.37 Å². The molecule has 2 aromatic heterocycles. The van der Waals surface area contributed by atoms with E-state index in [0.29, 0.717) is 35.6 Å². The first-order chi connectivity index (χ1) is 16.2. The van der Waals surface area contributed by atoms with E-state index in [2.05, 4.69) is 19.9 Å². The second-order valence-corrected chi connectivity index (χ2v) is 7.68. The molecule has 4 rings (SSSR count). The van der Waals surface area contributed by atoms with E-state index in [9.17, 15) is 4.39 Å². The standard InChI is InChI=1S/C20H21ClFN5O5.C2H6/c1-31-18-5-3-14(9-23-18)27-17(11-32-20(28,29)30)24-25-19(27)26-7-6-12(10-26)15-4-2-13(22)8-16(15)21;1-2/h2-5,8-9,12,28-30H,6-7,10-11H2,1H3;1-2H3. The Morgan fingerprint density at radius 2 is 1.94 bits per heavy atom. The molecule has 10 nitrogen and oxygen atoms in total. The molecule has 0 amide bonds. The molecule has 1 aromatic carbocycles. The fourth-order valence-corrected chi connectivity index (χ4v) is 4.01. The van der Waals surface area contributed by atoms with Crippen molar-refractivity contribution in [1.82, 2.24) is 19.7 Å². The molecule has 1 aliphatic heterocycles. The van der Waals surface area contributed by atoms with Gasteiger partial charge in [-0.15, -0.1) is 10.2 Å². The maximum absolute atomic E-state index is 13.4. The summed E-state index contributed by atoms with van der Waals surface area (Å²) in [5, 5.41) is 36.0. The number of aliphatic hydroxyl groups is 3. The first kappa shape index (κ1) is 25.8. The molecule has 12 heteroatoms. The van der Waals surface area contributed by atoms with Gasteiger partial charge in [-0.2, -0.15) is 0 Å². The SMILES string of the molecule is CC.COc1ccc(-n2c(COC(O)(O)O)nnc2N2CCC(c3ccc(F)cc3Cl)C2)cn1. The third-order valence-electron chi connectivity index (χ3n) is 5.17. The van der Waals surface area contributed by atoms with Gasteiger partial charge in [0.05, 0.1) is 19.0 Å². The highest BCUT2D eigenvalue weighted by Crippen LogP contribution is 2.35. The Bertz CT molecular complexity index is 1090. The molecule has 0 saturated carbocycles. The van der Waals surface area contributed by atoms with Gasteiger partial charge in [0.2, 0.25) is 11.8 Å². The normalized spacial score (nSPS) is 15.8. The lowest BCUT2D eigenvalue weighted by atomic mass is 9.98. The minimum absolute atomic E-state index is 0.0573. The zero-order chi connectivity index (χ0) is 24.9. The van der Waals surface area contributed by atoms with Crippen LogP contribution in [-0.2, 0) is 11.3 Å². The average Bonchev–Trinajstić information content (AvgIpc) is 3.46. The number of aromatic nitrogens is 4. The van der Waals surface area contributed by atoms with Crippen molar-refractivity contribution in [3.05, 3.63) is 58.8 Å². The van der Waals surface area contributed by atoms with Gasteiger partial charge in [-0.05, 0) is 30.2 Å². The lowest BCUT2D eigenvalue weighted by molar-refractivity contribution is -0.459. The van der Waals surface area contributed by atoms with E-state index >= 15 is 0 Å². The first-order valence-electron chi connectivity index (χ1n) is 10.7. The predicted molar refractivity (Wildman–Crippen MR) is 122 cm³/mol. The van der Waals surface area contributed by atoms with Crippen LogP contribution in [0.1, 0.15) is 37.6 Å². The maximum atomic E-state index is 13.4. The molecule has 0 radical (unpaired) electrons. The Hall–Kier alpha value is -2.83. The third-order valence-corrected chi connectivity index (χ3v) is 5.50. The van der Waals surface area contributed by atoms with Crippen molar-refractivity contribution >= 4 is 17.5 Å². The monoisotopic (exact) mass is 495 g/mol. The second kappa shape index (κ2) is 11.1. The van der Waals surface area contributed by atoms with Crippen LogP contribution in [0, 0.1) is 5.82 Å². The maximum Gasteiger partial charge on any atom is 0.405 e. The van der Waals surface area contributed by atoms with Gasteiger partial charge in [-0.3, -0.25) is 9.30 Å². The second-order valence-electron chi connectivity index (χ2n) is 7.27. The zero-order valence-electron chi connectivity index (χ0n) is 19.0. The van der Waals surface area contributed by atoms with Crippen LogP contribution in [0.5, 0.6) is 5.88 Å². The Labute approximate surface area is 201 Å². The van der Waals surface area contributed by atoms with Gasteiger partial charge in [0.15, 0.2) is 5.82 Å². The summed E-state index contributed by atoms with van der Waals surface area (Å²) in [7, 11) is 1.50. The largest absolute Gasteiger partial charge is 0.481 e. The summed E-state index contributed by atoms with van der Waals surface area (Å²) >= 11 is 6.25. The van der Waals surface area contributed by atoms with E-state index in [1.807, 2.05) is 18.7 Å². The first-order valence-corrected chi connectivity index (χ1v) is 11.1. The molecule has 1 unspecified atom stereocenters. The average molecular weight is 496 g/mol. The summed E-state index contributed by atoms with van der Waals surface area (Å²) in [4.78, 5) is 6.18. The molecule has 1 atom stereocenters. The number of rotatable bonds is 7. The molecule has 1 fully saturated rings. The smallest absolute Gasteiger partial charge is 0.405 e. The zero-order valence-corrected chi connectivity index (χ0v) is 19.8. The molecule has 0 aliphatic carbocycles. The Kier molecular flexibility index (Phi) is 8.39. The lowest BCUT2D eigenvalue weighted by Gasteiger charge is -2.20. The van der Waals surface area contributed by atoms with E-state index in [1.165, 1.54) is 19.2 Å². The van der Waals surface area contributed by atoms with Gasteiger partial charge in [0.1, 0.15) is 12.4 Å². The van der Waals surface area contributed by atoms with Crippen LogP contribution in [0.25, 0.3) is 5.69 Å². The molecule has 184 valence electrons. The van der Waals surface area contributed by atoms with E-state index in [-0.39, 0.29) is 11.7 Å². The van der Waals surface area contributed by atoms with Gasteiger partial charge in [0, 0.05) is 30.1 Å². The van der Waals surface area contributed by atoms with Crippen LogP contribution in [0.4, 0.5) is 10.3 Å². The van der Waals surface area contributed by atoms with Gasteiger partial charge >= 0.3 is 6.16 Å². The number of anilines is 1. The highest BCUT2D eigenvalue weighted by molar-refractivity contribution is 6.31. The van der Waals surface area contributed by atoms with Crippen molar-refractivity contribution in [3.63, 3.8) is 0 Å². The number of hydrogen-bond donors (Lipinski definition) is 3. The molecule has 34 heavy (non-hydrogen) atoms. The molecule has 3 N–H and O–H groups in total. The van der Waals surface area contributed by atoms with Crippen LogP contribution in [0.3, 0.4) is 0 Å². The summed E-state index contributed by atoms with van der Waals surface area (Å²) in [6.45, 7) is 4.74. The molecular formula is C22H27ClFN5O5. The summed E-state index contributed by atoms with van der Waals surface area (Å²) in [6, 6.07) is 7.76. The van der Waals surface area contributed by atoms with E-state index in [0.717, 1.165) is 12.0 Å². The number of benzene rings is 1. The van der Waals surface area contributed by atoms with E-state index < -0.39 is 18.6 Å². The Morgan fingerprint density at radius 1 is 1.18 bits per heavy atom.